The fourth-order valence-corrected chi connectivity index (χ4v) is 0.592. The lowest BCUT2D eigenvalue weighted by Crippen LogP contribution is -1.97. The van der Waals surface area contributed by atoms with Gasteiger partial charge in [0.15, 0.2) is 0 Å². The van der Waals surface area contributed by atoms with Gasteiger partial charge < -0.3 is 5.73 Å². The maximum absolute atomic E-state index is 11.4. The Labute approximate surface area is 62.2 Å². The van der Waals surface area contributed by atoms with Crippen molar-refractivity contribution < 1.29 is 4.39 Å². The molecule has 0 amide bonds. The highest BCUT2D eigenvalue weighted by atomic mass is 35.5. The third kappa shape index (κ3) is 11.6. The molecule has 0 saturated heterocycles. The highest BCUT2D eigenvalue weighted by Crippen LogP contribution is 1.97. The Morgan fingerprint density at radius 1 is 1.00 bits per heavy atom. The molecule has 58 valence electrons. The predicted molar refractivity (Wildman–Crippen MR) is 40.7 cm³/mol. The molecule has 0 atom stereocenters. The number of alkyl halides is 1. The van der Waals surface area contributed by atoms with Crippen molar-refractivity contribution in [2.75, 3.05) is 13.2 Å². The minimum atomic E-state index is -0.176. The van der Waals surface area contributed by atoms with Crippen LogP contribution in [-0.2, 0) is 0 Å². The topological polar surface area (TPSA) is 26.0 Å². The number of rotatable bonds is 5. The van der Waals surface area contributed by atoms with E-state index in [4.69, 9.17) is 5.73 Å². The third-order valence-electron chi connectivity index (χ3n) is 1.09. The van der Waals surface area contributed by atoms with Crippen LogP contribution in [0, 0.1) is 0 Å². The first kappa shape index (κ1) is 11.9. The van der Waals surface area contributed by atoms with E-state index >= 15 is 0 Å². The maximum atomic E-state index is 11.4. The minimum Gasteiger partial charge on any atom is -0.330 e. The molecule has 3 heteroatoms. The van der Waals surface area contributed by atoms with Crippen molar-refractivity contribution in [2.24, 2.45) is 5.73 Å². The highest BCUT2D eigenvalue weighted by molar-refractivity contribution is 5.85. The van der Waals surface area contributed by atoms with Crippen molar-refractivity contribution in [3.63, 3.8) is 0 Å². The van der Waals surface area contributed by atoms with E-state index in [1.165, 1.54) is 0 Å². The van der Waals surface area contributed by atoms with Gasteiger partial charge in [-0.3, -0.25) is 4.39 Å². The van der Waals surface area contributed by atoms with E-state index in [0.29, 0.717) is 6.42 Å². The van der Waals surface area contributed by atoms with Gasteiger partial charge in [-0.05, 0) is 19.4 Å². The summed E-state index contributed by atoms with van der Waals surface area (Å²) in [6.07, 6.45) is 3.83. The summed E-state index contributed by atoms with van der Waals surface area (Å²) < 4.78 is 11.4. The lowest BCUT2D eigenvalue weighted by Gasteiger charge is -1.92. The molecule has 0 saturated carbocycles. The average molecular weight is 156 g/mol. The molecule has 0 fully saturated rings. The van der Waals surface area contributed by atoms with E-state index in [-0.39, 0.29) is 19.1 Å². The van der Waals surface area contributed by atoms with Crippen molar-refractivity contribution in [1.82, 2.24) is 0 Å². The van der Waals surface area contributed by atoms with Gasteiger partial charge in [0.1, 0.15) is 0 Å². The quantitative estimate of drug-likeness (QED) is 0.603. The summed E-state index contributed by atoms with van der Waals surface area (Å²) in [5, 5.41) is 0. The van der Waals surface area contributed by atoms with Gasteiger partial charge in [0.25, 0.3) is 0 Å². The van der Waals surface area contributed by atoms with E-state index in [1.807, 2.05) is 0 Å². The fourth-order valence-electron chi connectivity index (χ4n) is 0.592. The Balaban J connectivity index is 0. The van der Waals surface area contributed by atoms with Crippen LogP contribution in [0.15, 0.2) is 0 Å². The molecule has 2 N–H and O–H groups in total. The monoisotopic (exact) mass is 155 g/mol. The van der Waals surface area contributed by atoms with Crippen molar-refractivity contribution >= 4 is 12.4 Å². The summed E-state index contributed by atoms with van der Waals surface area (Å²) in [7, 11) is 0. The normalized spacial score (nSPS) is 8.67. The van der Waals surface area contributed by atoms with Gasteiger partial charge in [-0.15, -0.1) is 12.4 Å². The molecular formula is C6H15ClFN. The van der Waals surface area contributed by atoms with E-state index in [2.05, 4.69) is 0 Å². The minimum absolute atomic E-state index is 0. The van der Waals surface area contributed by atoms with E-state index in [0.717, 1.165) is 25.8 Å². The number of unbranched alkanes of at least 4 members (excludes halogenated alkanes) is 3. The predicted octanol–water partition coefficient (Wildman–Crippen LogP) is 1.90. The Kier molecular flexibility index (Phi) is 14.6. The van der Waals surface area contributed by atoms with Gasteiger partial charge in [0, 0.05) is 0 Å². The summed E-state index contributed by atoms with van der Waals surface area (Å²) in [4.78, 5) is 0. The zero-order valence-electron chi connectivity index (χ0n) is 5.61. The van der Waals surface area contributed by atoms with Crippen LogP contribution in [0.3, 0.4) is 0 Å². The van der Waals surface area contributed by atoms with Crippen molar-refractivity contribution in [3.8, 4) is 0 Å². The zero-order valence-corrected chi connectivity index (χ0v) is 6.42. The first-order valence-corrected chi connectivity index (χ1v) is 3.18. The third-order valence-corrected chi connectivity index (χ3v) is 1.09. The number of nitrogens with two attached hydrogens (primary N) is 1. The molecule has 0 heterocycles. The van der Waals surface area contributed by atoms with Crippen LogP contribution in [0.1, 0.15) is 25.7 Å². The van der Waals surface area contributed by atoms with E-state index in [9.17, 15) is 4.39 Å². The van der Waals surface area contributed by atoms with Gasteiger partial charge in [-0.25, -0.2) is 0 Å². The maximum Gasteiger partial charge on any atom is 0.0894 e. The van der Waals surface area contributed by atoms with E-state index < -0.39 is 0 Å². The van der Waals surface area contributed by atoms with Crippen molar-refractivity contribution in [1.29, 1.82) is 0 Å². The number of hydrogen-bond acceptors (Lipinski definition) is 1. The smallest absolute Gasteiger partial charge is 0.0894 e. The molecule has 0 unspecified atom stereocenters. The average Bonchev–Trinajstić information content (AvgIpc) is 1.81. The molecule has 0 aliphatic carbocycles. The van der Waals surface area contributed by atoms with Crippen LogP contribution in [0.4, 0.5) is 4.39 Å². The first-order chi connectivity index (χ1) is 3.91. The molecule has 1 nitrogen and oxygen atoms in total. The zero-order chi connectivity index (χ0) is 6.24. The van der Waals surface area contributed by atoms with Gasteiger partial charge in [-0.2, -0.15) is 0 Å². The second-order valence-corrected chi connectivity index (χ2v) is 1.89. The summed E-state index contributed by atoms with van der Waals surface area (Å²) >= 11 is 0. The van der Waals surface area contributed by atoms with Crippen LogP contribution < -0.4 is 5.73 Å². The van der Waals surface area contributed by atoms with Crippen molar-refractivity contribution in [2.45, 2.75) is 25.7 Å². The molecule has 0 aromatic carbocycles. The Morgan fingerprint density at radius 3 is 2.00 bits per heavy atom. The van der Waals surface area contributed by atoms with Gasteiger partial charge in [-0.1, -0.05) is 12.8 Å². The molecule has 0 aliphatic heterocycles. The summed E-state index contributed by atoms with van der Waals surface area (Å²) in [6, 6.07) is 0. The standard InChI is InChI=1S/C6H14FN.ClH/c7-5-3-1-2-4-6-8;/h1-6,8H2;1H. The van der Waals surface area contributed by atoms with Gasteiger partial charge >= 0.3 is 0 Å². The molecule has 9 heavy (non-hydrogen) atoms. The SMILES string of the molecule is Cl.NCCCCCCF. The largest absolute Gasteiger partial charge is 0.330 e. The van der Waals surface area contributed by atoms with Crippen LogP contribution in [0.25, 0.3) is 0 Å². The fraction of sp³-hybridized carbons (Fsp3) is 1.00. The van der Waals surface area contributed by atoms with E-state index in [1.54, 1.807) is 0 Å². The van der Waals surface area contributed by atoms with Crippen LogP contribution in [0.2, 0.25) is 0 Å². The Hall–Kier alpha value is 0.180. The lowest BCUT2D eigenvalue weighted by atomic mass is 10.2. The molecule has 0 aromatic heterocycles. The van der Waals surface area contributed by atoms with Crippen LogP contribution in [-0.4, -0.2) is 13.2 Å². The van der Waals surface area contributed by atoms with Gasteiger partial charge in [0.05, 0.1) is 6.67 Å². The second kappa shape index (κ2) is 11.0. The van der Waals surface area contributed by atoms with Crippen LogP contribution in [0.5, 0.6) is 0 Å². The summed E-state index contributed by atoms with van der Waals surface area (Å²) in [5.41, 5.74) is 5.22. The number of hydrogen-bond donors (Lipinski definition) is 1. The molecule has 0 rings (SSSR count). The molecular weight excluding hydrogens is 141 g/mol. The summed E-state index contributed by atoms with van der Waals surface area (Å²) in [5.74, 6) is 0. The molecule has 0 bridgehead atoms. The molecule has 0 spiro atoms. The van der Waals surface area contributed by atoms with Gasteiger partial charge in [0.2, 0.25) is 0 Å². The molecule has 0 aromatic rings. The molecule has 0 aliphatic rings. The second-order valence-electron chi connectivity index (χ2n) is 1.89. The summed E-state index contributed by atoms with van der Waals surface area (Å²) in [6.45, 7) is 0.566. The van der Waals surface area contributed by atoms with Crippen LogP contribution >= 0.6 is 12.4 Å². The number of halogens is 2. The molecule has 0 radical (unpaired) electrons. The highest BCUT2D eigenvalue weighted by Gasteiger charge is 1.85. The lowest BCUT2D eigenvalue weighted by molar-refractivity contribution is 0.454. The Morgan fingerprint density at radius 2 is 1.56 bits per heavy atom. The van der Waals surface area contributed by atoms with Crippen molar-refractivity contribution in [3.05, 3.63) is 0 Å². The first-order valence-electron chi connectivity index (χ1n) is 3.18. The Bertz CT molecular complexity index is 38.0.